The first-order valence-corrected chi connectivity index (χ1v) is 4.77. The van der Waals surface area contributed by atoms with Crippen molar-refractivity contribution in [3.05, 3.63) is 33.0 Å². The summed E-state index contributed by atoms with van der Waals surface area (Å²) < 4.78 is 1.92. The number of aromatic nitrogens is 1. The molecule has 58 valence electrons. The van der Waals surface area contributed by atoms with E-state index in [-0.39, 0.29) is 0 Å². The fraction of sp³-hybridized carbons (Fsp3) is 0.125. The van der Waals surface area contributed by atoms with Gasteiger partial charge in [-0.1, -0.05) is 28.1 Å². The largest absolute Gasteiger partial charge is 0.249 e. The molecule has 11 heavy (non-hydrogen) atoms. The summed E-state index contributed by atoms with van der Waals surface area (Å²) in [5.74, 6) is 0. The Morgan fingerprint density at radius 3 is 2.73 bits per heavy atom. The molecule has 0 saturated heterocycles. The molecule has 0 fully saturated rings. The Morgan fingerprint density at radius 1 is 1.45 bits per heavy atom. The highest BCUT2D eigenvalue weighted by atomic mass is 79.9. The molecule has 0 aliphatic heterocycles. The minimum atomic E-state index is 0.866. The number of hydrogen-bond donors (Lipinski definition) is 0. The van der Waals surface area contributed by atoms with E-state index >= 15 is 0 Å². The minimum Gasteiger partial charge on any atom is -0.249 e. The van der Waals surface area contributed by atoms with Gasteiger partial charge in [-0.25, -0.2) is 4.98 Å². The molecule has 1 heterocycles. The summed E-state index contributed by atoms with van der Waals surface area (Å²) in [5, 5.41) is 0. The second kappa shape index (κ2) is 4.02. The fourth-order valence-corrected chi connectivity index (χ4v) is 1.91. The zero-order valence-electron chi connectivity index (χ0n) is 6.01. The Morgan fingerprint density at radius 2 is 2.18 bits per heavy atom. The van der Waals surface area contributed by atoms with E-state index in [4.69, 9.17) is 0 Å². The Bertz CT molecular complexity index is 261. The van der Waals surface area contributed by atoms with Crippen LogP contribution in [-0.4, -0.2) is 4.98 Å². The van der Waals surface area contributed by atoms with E-state index in [1.807, 2.05) is 25.1 Å². The van der Waals surface area contributed by atoms with Gasteiger partial charge in [-0.15, -0.1) is 0 Å². The van der Waals surface area contributed by atoms with Crippen LogP contribution in [0.25, 0.3) is 6.08 Å². The van der Waals surface area contributed by atoms with Crippen LogP contribution in [0.15, 0.2) is 27.4 Å². The van der Waals surface area contributed by atoms with E-state index < -0.39 is 0 Å². The van der Waals surface area contributed by atoms with Crippen molar-refractivity contribution in [2.75, 3.05) is 0 Å². The zero-order chi connectivity index (χ0) is 8.27. The van der Waals surface area contributed by atoms with E-state index in [1.54, 1.807) is 6.20 Å². The predicted molar refractivity (Wildman–Crippen MR) is 54.3 cm³/mol. The SMILES string of the molecule is C/C=C/c1c(Br)ccnc1Br. The quantitative estimate of drug-likeness (QED) is 0.714. The van der Waals surface area contributed by atoms with Gasteiger partial charge < -0.3 is 0 Å². The Kier molecular flexibility index (Phi) is 3.27. The second-order valence-corrected chi connectivity index (χ2v) is 3.60. The van der Waals surface area contributed by atoms with Crippen LogP contribution in [-0.2, 0) is 0 Å². The highest BCUT2D eigenvalue weighted by Gasteiger charge is 1.99. The van der Waals surface area contributed by atoms with Crippen LogP contribution in [0.5, 0.6) is 0 Å². The number of hydrogen-bond acceptors (Lipinski definition) is 1. The third-order valence-electron chi connectivity index (χ3n) is 1.22. The molecule has 0 atom stereocenters. The van der Waals surface area contributed by atoms with Gasteiger partial charge in [-0.2, -0.15) is 0 Å². The Labute approximate surface area is 82.8 Å². The number of halogens is 2. The smallest absolute Gasteiger partial charge is 0.114 e. The highest BCUT2D eigenvalue weighted by molar-refractivity contribution is 9.11. The number of pyridine rings is 1. The fourth-order valence-electron chi connectivity index (χ4n) is 0.741. The van der Waals surface area contributed by atoms with Crippen molar-refractivity contribution < 1.29 is 0 Å². The van der Waals surface area contributed by atoms with Crippen molar-refractivity contribution in [2.24, 2.45) is 0 Å². The van der Waals surface area contributed by atoms with Crippen LogP contribution >= 0.6 is 31.9 Å². The standard InChI is InChI=1S/C8H7Br2N/c1-2-3-6-7(9)4-5-11-8(6)10/h2-5H,1H3/b3-2+. The minimum absolute atomic E-state index is 0.866. The molecular weight excluding hydrogens is 270 g/mol. The lowest BCUT2D eigenvalue weighted by molar-refractivity contribution is 1.25. The van der Waals surface area contributed by atoms with Crippen molar-refractivity contribution in [1.82, 2.24) is 4.98 Å². The Hall–Kier alpha value is -0.150. The van der Waals surface area contributed by atoms with Gasteiger partial charge >= 0.3 is 0 Å². The highest BCUT2D eigenvalue weighted by Crippen LogP contribution is 2.23. The van der Waals surface area contributed by atoms with Crippen LogP contribution in [0.4, 0.5) is 0 Å². The maximum atomic E-state index is 4.09. The van der Waals surface area contributed by atoms with Crippen LogP contribution in [0, 0.1) is 0 Å². The molecule has 0 aromatic carbocycles. The molecule has 0 radical (unpaired) electrons. The molecule has 0 spiro atoms. The molecule has 1 aromatic heterocycles. The lowest BCUT2D eigenvalue weighted by Gasteiger charge is -1.98. The maximum Gasteiger partial charge on any atom is 0.114 e. The summed E-state index contributed by atoms with van der Waals surface area (Å²) in [7, 11) is 0. The Balaban J connectivity index is 3.20. The summed E-state index contributed by atoms with van der Waals surface area (Å²) in [6.07, 6.45) is 5.73. The average Bonchev–Trinajstić information content (AvgIpc) is 1.97. The van der Waals surface area contributed by atoms with Gasteiger partial charge in [0.05, 0.1) is 0 Å². The molecule has 0 unspecified atom stereocenters. The number of rotatable bonds is 1. The molecule has 0 N–H and O–H groups in total. The van der Waals surface area contributed by atoms with Crippen LogP contribution < -0.4 is 0 Å². The van der Waals surface area contributed by atoms with Crippen molar-refractivity contribution >= 4 is 37.9 Å². The monoisotopic (exact) mass is 275 g/mol. The first-order chi connectivity index (χ1) is 5.25. The molecule has 0 saturated carbocycles. The van der Waals surface area contributed by atoms with E-state index in [0.717, 1.165) is 14.6 Å². The first kappa shape index (κ1) is 8.94. The van der Waals surface area contributed by atoms with Gasteiger partial charge in [0, 0.05) is 16.2 Å². The van der Waals surface area contributed by atoms with Crippen molar-refractivity contribution in [2.45, 2.75) is 6.92 Å². The summed E-state index contributed by atoms with van der Waals surface area (Å²) in [4.78, 5) is 4.09. The van der Waals surface area contributed by atoms with Gasteiger partial charge in [-0.05, 0) is 28.9 Å². The van der Waals surface area contributed by atoms with Crippen molar-refractivity contribution in [3.8, 4) is 0 Å². The summed E-state index contributed by atoms with van der Waals surface area (Å²) in [6.45, 7) is 1.98. The zero-order valence-corrected chi connectivity index (χ0v) is 9.18. The second-order valence-electron chi connectivity index (χ2n) is 2.00. The molecule has 1 rings (SSSR count). The summed E-state index contributed by atoms with van der Waals surface area (Å²) in [5.41, 5.74) is 1.08. The summed E-state index contributed by atoms with van der Waals surface area (Å²) in [6, 6.07) is 1.92. The van der Waals surface area contributed by atoms with Crippen LogP contribution in [0.3, 0.4) is 0 Å². The first-order valence-electron chi connectivity index (χ1n) is 3.18. The topological polar surface area (TPSA) is 12.9 Å². The third kappa shape index (κ3) is 2.14. The third-order valence-corrected chi connectivity index (χ3v) is 2.55. The van der Waals surface area contributed by atoms with Gasteiger partial charge in [-0.3, -0.25) is 0 Å². The molecule has 0 aliphatic carbocycles. The number of nitrogens with zero attached hydrogens (tertiary/aromatic N) is 1. The van der Waals surface area contributed by atoms with E-state index in [0.29, 0.717) is 0 Å². The van der Waals surface area contributed by atoms with E-state index in [2.05, 4.69) is 36.8 Å². The van der Waals surface area contributed by atoms with Gasteiger partial charge in [0.25, 0.3) is 0 Å². The van der Waals surface area contributed by atoms with Gasteiger partial charge in [0.2, 0.25) is 0 Å². The van der Waals surface area contributed by atoms with Crippen LogP contribution in [0.1, 0.15) is 12.5 Å². The molecule has 0 amide bonds. The van der Waals surface area contributed by atoms with E-state index in [1.165, 1.54) is 0 Å². The summed E-state index contributed by atoms with van der Waals surface area (Å²) >= 11 is 6.78. The van der Waals surface area contributed by atoms with Gasteiger partial charge in [0.1, 0.15) is 4.60 Å². The molecule has 3 heteroatoms. The molecule has 0 bridgehead atoms. The molecular formula is C8H7Br2N. The van der Waals surface area contributed by atoms with Crippen molar-refractivity contribution in [3.63, 3.8) is 0 Å². The van der Waals surface area contributed by atoms with Gasteiger partial charge in [0.15, 0.2) is 0 Å². The van der Waals surface area contributed by atoms with Crippen LogP contribution in [0.2, 0.25) is 0 Å². The van der Waals surface area contributed by atoms with Crippen molar-refractivity contribution in [1.29, 1.82) is 0 Å². The molecule has 1 nitrogen and oxygen atoms in total. The average molecular weight is 277 g/mol. The molecule has 1 aromatic rings. The lowest BCUT2D eigenvalue weighted by atomic mass is 10.3. The predicted octanol–water partition coefficient (Wildman–Crippen LogP) is 3.64. The van der Waals surface area contributed by atoms with E-state index in [9.17, 15) is 0 Å². The lowest BCUT2D eigenvalue weighted by Crippen LogP contribution is -1.81. The number of allylic oxidation sites excluding steroid dienone is 1. The maximum absolute atomic E-state index is 4.09. The normalized spacial score (nSPS) is 10.8. The molecule has 0 aliphatic rings.